The van der Waals surface area contributed by atoms with Crippen molar-refractivity contribution in [1.29, 1.82) is 0 Å². The van der Waals surface area contributed by atoms with Gasteiger partial charge in [0.1, 0.15) is 0 Å². The van der Waals surface area contributed by atoms with Crippen LogP contribution in [-0.4, -0.2) is 20.1 Å². The van der Waals surface area contributed by atoms with E-state index in [-0.39, 0.29) is 5.78 Å². The van der Waals surface area contributed by atoms with Gasteiger partial charge in [0.05, 0.1) is 17.9 Å². The van der Waals surface area contributed by atoms with E-state index in [0.717, 1.165) is 16.9 Å². The molecule has 0 fully saturated rings. The lowest BCUT2D eigenvalue weighted by molar-refractivity contribution is 0.0988. The molecular formula is C17H17N3O. The van der Waals surface area contributed by atoms with Crippen molar-refractivity contribution >= 4 is 5.78 Å². The van der Waals surface area contributed by atoms with Crippen LogP contribution < -0.4 is 0 Å². The van der Waals surface area contributed by atoms with Crippen molar-refractivity contribution in [3.05, 3.63) is 72.3 Å². The Balaban J connectivity index is 1.76. The van der Waals surface area contributed by atoms with Gasteiger partial charge in [-0.3, -0.25) is 4.79 Å². The number of aromatic nitrogens is 3. The average Bonchev–Trinajstić information content (AvgIpc) is 3.17. The van der Waals surface area contributed by atoms with Gasteiger partial charge in [-0.25, -0.2) is 4.68 Å². The normalized spacial score (nSPS) is 10.7. The van der Waals surface area contributed by atoms with Crippen LogP contribution in [0.15, 0.2) is 61.1 Å². The molecule has 2 aromatic heterocycles. The number of carbonyl (C=O) groups is 1. The number of ketones is 1. The highest BCUT2D eigenvalue weighted by Gasteiger charge is 2.06. The number of carbonyl (C=O) groups excluding carboxylic acids is 1. The molecule has 0 spiro atoms. The Bertz CT molecular complexity index is 740. The van der Waals surface area contributed by atoms with Crippen LogP contribution in [0.25, 0.3) is 5.69 Å². The maximum Gasteiger partial charge on any atom is 0.164 e. The SMILES string of the molecule is CCC(=O)c1ccn(Cc2ccn(-c3ccccc3)n2)c1. The molecule has 0 unspecified atom stereocenters. The van der Waals surface area contributed by atoms with Crippen molar-refractivity contribution < 1.29 is 4.79 Å². The number of benzene rings is 1. The van der Waals surface area contributed by atoms with Gasteiger partial charge in [0.25, 0.3) is 0 Å². The van der Waals surface area contributed by atoms with Gasteiger partial charge in [0.15, 0.2) is 5.78 Å². The minimum Gasteiger partial charge on any atom is -0.348 e. The molecule has 4 nitrogen and oxygen atoms in total. The maximum atomic E-state index is 11.6. The van der Waals surface area contributed by atoms with Gasteiger partial charge in [-0.2, -0.15) is 5.10 Å². The van der Waals surface area contributed by atoms with E-state index in [9.17, 15) is 4.79 Å². The van der Waals surface area contributed by atoms with Crippen molar-refractivity contribution in [2.45, 2.75) is 19.9 Å². The summed E-state index contributed by atoms with van der Waals surface area (Å²) >= 11 is 0. The van der Waals surface area contributed by atoms with Gasteiger partial charge in [-0.15, -0.1) is 0 Å². The smallest absolute Gasteiger partial charge is 0.164 e. The Kier molecular flexibility index (Phi) is 3.69. The topological polar surface area (TPSA) is 39.8 Å². The van der Waals surface area contributed by atoms with Gasteiger partial charge in [0.2, 0.25) is 0 Å². The Morgan fingerprint density at radius 2 is 1.90 bits per heavy atom. The van der Waals surface area contributed by atoms with Crippen molar-refractivity contribution in [1.82, 2.24) is 14.3 Å². The number of Topliss-reactive ketones (excluding diaryl/α,β-unsaturated/α-hetero) is 1. The molecule has 1 aromatic carbocycles. The number of rotatable bonds is 5. The quantitative estimate of drug-likeness (QED) is 0.672. The fraction of sp³-hybridized carbons (Fsp3) is 0.176. The Morgan fingerprint density at radius 3 is 2.67 bits per heavy atom. The number of hydrogen-bond acceptors (Lipinski definition) is 2. The molecule has 2 heterocycles. The van der Waals surface area contributed by atoms with Crippen LogP contribution in [0.1, 0.15) is 29.4 Å². The first-order chi connectivity index (χ1) is 10.3. The molecule has 106 valence electrons. The largest absolute Gasteiger partial charge is 0.348 e. The van der Waals surface area contributed by atoms with Crippen LogP contribution in [-0.2, 0) is 6.54 Å². The van der Waals surface area contributed by atoms with Gasteiger partial charge < -0.3 is 4.57 Å². The minimum absolute atomic E-state index is 0.170. The van der Waals surface area contributed by atoms with Crippen LogP contribution in [0.4, 0.5) is 0 Å². The van der Waals surface area contributed by atoms with Crippen LogP contribution in [0.3, 0.4) is 0 Å². The molecule has 3 rings (SSSR count). The first-order valence-electron chi connectivity index (χ1n) is 7.05. The zero-order valence-corrected chi connectivity index (χ0v) is 11.9. The predicted octanol–water partition coefficient (Wildman–Crippen LogP) is 3.31. The van der Waals surface area contributed by atoms with Gasteiger partial charge in [0, 0.05) is 30.6 Å². The third kappa shape index (κ3) is 2.94. The third-order valence-electron chi connectivity index (χ3n) is 3.40. The highest BCUT2D eigenvalue weighted by molar-refractivity contribution is 5.95. The molecule has 0 saturated heterocycles. The molecular weight excluding hydrogens is 262 g/mol. The Morgan fingerprint density at radius 1 is 1.10 bits per heavy atom. The summed E-state index contributed by atoms with van der Waals surface area (Å²) in [6.45, 7) is 2.54. The average molecular weight is 279 g/mol. The number of hydrogen-bond donors (Lipinski definition) is 0. The van der Waals surface area contributed by atoms with E-state index in [1.807, 2.05) is 77.2 Å². The molecule has 0 amide bonds. The van der Waals surface area contributed by atoms with Crippen LogP contribution in [0, 0.1) is 0 Å². The molecule has 0 bridgehead atoms. The fourth-order valence-corrected chi connectivity index (χ4v) is 2.27. The van der Waals surface area contributed by atoms with Crippen LogP contribution in [0.2, 0.25) is 0 Å². The number of para-hydroxylation sites is 1. The molecule has 0 aliphatic heterocycles. The zero-order valence-electron chi connectivity index (χ0n) is 11.9. The highest BCUT2D eigenvalue weighted by Crippen LogP contribution is 2.10. The van der Waals surface area contributed by atoms with E-state index < -0.39 is 0 Å². The first-order valence-corrected chi connectivity index (χ1v) is 7.05. The summed E-state index contributed by atoms with van der Waals surface area (Å²) in [5, 5.41) is 4.56. The van der Waals surface area contributed by atoms with Crippen LogP contribution in [0.5, 0.6) is 0 Å². The summed E-state index contributed by atoms with van der Waals surface area (Å²) in [6.07, 6.45) is 6.29. The predicted molar refractivity (Wildman–Crippen MR) is 81.7 cm³/mol. The molecule has 3 aromatic rings. The fourth-order valence-electron chi connectivity index (χ4n) is 2.27. The van der Waals surface area contributed by atoms with Crippen molar-refractivity contribution in [3.8, 4) is 5.69 Å². The molecule has 0 atom stereocenters. The molecule has 4 heteroatoms. The minimum atomic E-state index is 0.170. The second-order valence-electron chi connectivity index (χ2n) is 4.94. The highest BCUT2D eigenvalue weighted by atomic mass is 16.1. The standard InChI is InChI=1S/C17H17N3O/c1-2-17(21)14-8-10-19(12-14)13-15-9-11-20(18-15)16-6-4-3-5-7-16/h3-12H,2,13H2,1H3. The maximum absolute atomic E-state index is 11.6. The zero-order chi connectivity index (χ0) is 14.7. The van der Waals surface area contributed by atoms with E-state index in [1.54, 1.807) is 0 Å². The van der Waals surface area contributed by atoms with E-state index >= 15 is 0 Å². The van der Waals surface area contributed by atoms with Gasteiger partial charge in [-0.05, 0) is 24.3 Å². The lowest BCUT2D eigenvalue weighted by Gasteiger charge is -2.01. The lowest BCUT2D eigenvalue weighted by Crippen LogP contribution is -2.01. The molecule has 0 saturated carbocycles. The Labute approximate surface area is 123 Å². The molecule has 0 aliphatic rings. The Hall–Kier alpha value is -2.62. The first kappa shape index (κ1) is 13.4. The van der Waals surface area contributed by atoms with Crippen molar-refractivity contribution in [2.24, 2.45) is 0 Å². The van der Waals surface area contributed by atoms with Crippen molar-refractivity contribution in [3.63, 3.8) is 0 Å². The van der Waals surface area contributed by atoms with E-state index in [2.05, 4.69) is 5.10 Å². The third-order valence-corrected chi connectivity index (χ3v) is 3.40. The summed E-state index contributed by atoms with van der Waals surface area (Å²) in [6, 6.07) is 13.9. The summed E-state index contributed by atoms with van der Waals surface area (Å²) in [4.78, 5) is 11.6. The van der Waals surface area contributed by atoms with E-state index in [4.69, 9.17) is 0 Å². The van der Waals surface area contributed by atoms with Gasteiger partial charge in [-0.1, -0.05) is 25.1 Å². The second kappa shape index (κ2) is 5.79. The summed E-state index contributed by atoms with van der Waals surface area (Å²) in [5.74, 6) is 0.170. The summed E-state index contributed by atoms with van der Waals surface area (Å²) in [5.41, 5.74) is 2.77. The monoisotopic (exact) mass is 279 g/mol. The number of nitrogens with zero attached hydrogens (tertiary/aromatic N) is 3. The summed E-state index contributed by atoms with van der Waals surface area (Å²) in [7, 11) is 0. The van der Waals surface area contributed by atoms with Crippen LogP contribution >= 0.6 is 0 Å². The summed E-state index contributed by atoms with van der Waals surface area (Å²) < 4.78 is 3.84. The van der Waals surface area contributed by atoms with E-state index in [0.29, 0.717) is 13.0 Å². The van der Waals surface area contributed by atoms with E-state index in [1.165, 1.54) is 0 Å². The molecule has 0 radical (unpaired) electrons. The molecule has 0 aliphatic carbocycles. The molecule has 21 heavy (non-hydrogen) atoms. The lowest BCUT2D eigenvalue weighted by atomic mass is 10.2. The second-order valence-corrected chi connectivity index (χ2v) is 4.94. The molecule has 0 N–H and O–H groups in total. The van der Waals surface area contributed by atoms with Crippen molar-refractivity contribution in [2.75, 3.05) is 0 Å². The van der Waals surface area contributed by atoms with Gasteiger partial charge >= 0.3 is 0 Å².